The molecular formula is C24H21FN2O3S2. The second-order valence-corrected chi connectivity index (χ2v) is 9.02. The van der Waals surface area contributed by atoms with Crippen LogP contribution in [-0.4, -0.2) is 23.4 Å². The molecule has 0 N–H and O–H groups in total. The van der Waals surface area contributed by atoms with Gasteiger partial charge in [-0.05, 0) is 61.6 Å². The number of nitrogens with zero attached hydrogens (tertiary/aromatic N) is 2. The van der Waals surface area contributed by atoms with Gasteiger partial charge in [-0.1, -0.05) is 35.6 Å². The van der Waals surface area contributed by atoms with Crippen molar-refractivity contribution in [3.05, 3.63) is 96.4 Å². The summed E-state index contributed by atoms with van der Waals surface area (Å²) in [5.74, 6) is -0.932. The number of esters is 1. The highest BCUT2D eigenvalue weighted by molar-refractivity contribution is 7.98. The van der Waals surface area contributed by atoms with Crippen molar-refractivity contribution in [3.8, 4) is 0 Å². The van der Waals surface area contributed by atoms with Crippen molar-refractivity contribution in [1.29, 1.82) is 0 Å². The third-order valence-corrected chi connectivity index (χ3v) is 6.84. The van der Waals surface area contributed by atoms with Crippen LogP contribution in [0.25, 0.3) is 6.08 Å². The largest absolute Gasteiger partial charge is 0.463 e. The molecule has 0 bridgehead atoms. The quantitative estimate of drug-likeness (QED) is 0.424. The van der Waals surface area contributed by atoms with E-state index in [0.29, 0.717) is 20.6 Å². The number of aromatic nitrogens is 1. The van der Waals surface area contributed by atoms with Gasteiger partial charge >= 0.3 is 5.97 Å². The fourth-order valence-electron chi connectivity index (χ4n) is 3.60. The molecule has 5 nitrogen and oxygen atoms in total. The van der Waals surface area contributed by atoms with Crippen LogP contribution >= 0.6 is 23.1 Å². The lowest BCUT2D eigenvalue weighted by Crippen LogP contribution is -2.39. The first kappa shape index (κ1) is 22.2. The fourth-order valence-corrected chi connectivity index (χ4v) is 5.06. The van der Waals surface area contributed by atoms with Crippen molar-refractivity contribution in [2.75, 3.05) is 12.9 Å². The molecule has 1 aromatic heterocycles. The Kier molecular flexibility index (Phi) is 6.43. The van der Waals surface area contributed by atoms with Gasteiger partial charge in [0.1, 0.15) is 5.82 Å². The second kappa shape index (κ2) is 9.26. The molecule has 0 fully saturated rings. The zero-order valence-electron chi connectivity index (χ0n) is 17.8. The molecule has 0 saturated carbocycles. The molecule has 0 saturated heterocycles. The van der Waals surface area contributed by atoms with Crippen LogP contribution in [0.15, 0.2) is 74.5 Å². The molecule has 8 heteroatoms. The first-order chi connectivity index (χ1) is 15.4. The molecule has 2 heterocycles. The summed E-state index contributed by atoms with van der Waals surface area (Å²) in [5.41, 5.74) is 2.01. The molecule has 0 aliphatic carbocycles. The summed E-state index contributed by atoms with van der Waals surface area (Å²) in [6.07, 6.45) is 3.82. The number of hydrogen-bond donors (Lipinski definition) is 0. The van der Waals surface area contributed by atoms with Gasteiger partial charge in [-0.3, -0.25) is 9.36 Å². The first-order valence-corrected chi connectivity index (χ1v) is 12.1. The van der Waals surface area contributed by atoms with Crippen molar-refractivity contribution in [2.24, 2.45) is 4.99 Å². The summed E-state index contributed by atoms with van der Waals surface area (Å²) in [6.45, 7) is 3.64. The molecule has 164 valence electrons. The number of rotatable bonds is 5. The van der Waals surface area contributed by atoms with Crippen LogP contribution < -0.4 is 14.9 Å². The molecule has 1 atom stereocenters. The maximum atomic E-state index is 13.6. The standard InChI is InChI=1S/C24H21FN2O3S2/c1-4-30-23(29)20-14(2)26-24-27(21(20)16-7-9-17(25)10-8-16)22(28)19(32-24)13-15-5-11-18(31-3)12-6-15/h5-13,21H,4H2,1-3H3/b19-13-/t21-/m0/s1. The van der Waals surface area contributed by atoms with E-state index in [0.717, 1.165) is 10.5 Å². The molecule has 0 amide bonds. The molecule has 4 rings (SSSR count). The third kappa shape index (κ3) is 4.20. The summed E-state index contributed by atoms with van der Waals surface area (Å²) in [5, 5.41) is 0. The smallest absolute Gasteiger partial charge is 0.338 e. The molecular weight excluding hydrogens is 447 g/mol. The van der Waals surface area contributed by atoms with Crippen LogP contribution in [0.1, 0.15) is 31.0 Å². The highest BCUT2D eigenvalue weighted by Crippen LogP contribution is 2.30. The van der Waals surface area contributed by atoms with E-state index < -0.39 is 17.8 Å². The summed E-state index contributed by atoms with van der Waals surface area (Å²) in [4.78, 5) is 32.4. The number of thioether (sulfide) groups is 1. The minimum atomic E-state index is -0.744. The van der Waals surface area contributed by atoms with E-state index in [1.165, 1.54) is 28.0 Å². The van der Waals surface area contributed by atoms with Gasteiger partial charge in [0.05, 0.1) is 28.5 Å². The number of ether oxygens (including phenoxy) is 1. The van der Waals surface area contributed by atoms with Crippen LogP contribution in [0.2, 0.25) is 0 Å². The lowest BCUT2D eigenvalue weighted by Gasteiger charge is -2.24. The van der Waals surface area contributed by atoms with E-state index in [-0.39, 0.29) is 17.7 Å². The van der Waals surface area contributed by atoms with E-state index in [4.69, 9.17) is 4.74 Å². The zero-order valence-corrected chi connectivity index (χ0v) is 19.4. The Balaban J connectivity index is 1.92. The van der Waals surface area contributed by atoms with Crippen molar-refractivity contribution < 1.29 is 13.9 Å². The number of thiazole rings is 1. The Hall–Kier alpha value is -2.97. The van der Waals surface area contributed by atoms with Gasteiger partial charge in [-0.25, -0.2) is 14.2 Å². The van der Waals surface area contributed by atoms with Crippen molar-refractivity contribution in [3.63, 3.8) is 0 Å². The van der Waals surface area contributed by atoms with Gasteiger partial charge in [0.25, 0.3) is 5.56 Å². The Morgan fingerprint density at radius 1 is 1.22 bits per heavy atom. The predicted molar refractivity (Wildman–Crippen MR) is 125 cm³/mol. The summed E-state index contributed by atoms with van der Waals surface area (Å²) in [7, 11) is 0. The topological polar surface area (TPSA) is 60.7 Å². The van der Waals surface area contributed by atoms with Crippen LogP contribution in [0.5, 0.6) is 0 Å². The van der Waals surface area contributed by atoms with Crippen LogP contribution in [0.4, 0.5) is 4.39 Å². The maximum Gasteiger partial charge on any atom is 0.338 e. The van der Waals surface area contributed by atoms with E-state index in [2.05, 4.69) is 4.99 Å². The number of halogens is 1. The SMILES string of the molecule is CCOC(=O)C1=C(C)N=c2s/c(=C\c3ccc(SC)cc3)c(=O)n2[C@H]1c1ccc(F)cc1. The maximum absolute atomic E-state index is 13.6. The monoisotopic (exact) mass is 468 g/mol. The van der Waals surface area contributed by atoms with Crippen LogP contribution in [0, 0.1) is 5.82 Å². The van der Waals surface area contributed by atoms with Gasteiger partial charge in [-0.2, -0.15) is 0 Å². The van der Waals surface area contributed by atoms with E-state index in [1.54, 1.807) is 37.7 Å². The molecule has 0 unspecified atom stereocenters. The highest BCUT2D eigenvalue weighted by Gasteiger charge is 2.33. The summed E-state index contributed by atoms with van der Waals surface area (Å²) < 4.78 is 20.8. The lowest BCUT2D eigenvalue weighted by molar-refractivity contribution is -0.139. The van der Waals surface area contributed by atoms with Crippen molar-refractivity contribution in [2.45, 2.75) is 24.8 Å². The highest BCUT2D eigenvalue weighted by atomic mass is 32.2. The van der Waals surface area contributed by atoms with E-state index >= 15 is 0 Å². The Morgan fingerprint density at radius 2 is 1.91 bits per heavy atom. The van der Waals surface area contributed by atoms with Gasteiger partial charge < -0.3 is 4.74 Å². The molecule has 1 aliphatic rings. The van der Waals surface area contributed by atoms with Gasteiger partial charge in [0.15, 0.2) is 4.80 Å². The fraction of sp³-hybridized carbons (Fsp3) is 0.208. The average Bonchev–Trinajstić information content (AvgIpc) is 3.08. The minimum absolute atomic E-state index is 0.197. The van der Waals surface area contributed by atoms with E-state index in [1.807, 2.05) is 36.6 Å². The average molecular weight is 469 g/mol. The molecule has 32 heavy (non-hydrogen) atoms. The van der Waals surface area contributed by atoms with E-state index in [9.17, 15) is 14.0 Å². The lowest BCUT2D eigenvalue weighted by atomic mass is 9.96. The number of carbonyl (C=O) groups is 1. The molecule has 2 aromatic carbocycles. The first-order valence-electron chi connectivity index (χ1n) is 10.0. The minimum Gasteiger partial charge on any atom is -0.463 e. The van der Waals surface area contributed by atoms with Crippen molar-refractivity contribution in [1.82, 2.24) is 4.57 Å². The van der Waals surface area contributed by atoms with Gasteiger partial charge in [0.2, 0.25) is 0 Å². The van der Waals surface area contributed by atoms with Crippen molar-refractivity contribution >= 4 is 35.1 Å². The second-order valence-electron chi connectivity index (χ2n) is 7.13. The Bertz CT molecular complexity index is 1370. The Morgan fingerprint density at radius 3 is 2.53 bits per heavy atom. The number of fused-ring (bicyclic) bond motifs is 1. The molecule has 1 aliphatic heterocycles. The Labute approximate surface area is 192 Å². The molecule has 0 spiro atoms. The predicted octanol–water partition coefficient (Wildman–Crippen LogP) is 3.66. The number of benzene rings is 2. The molecule has 3 aromatic rings. The summed E-state index contributed by atoms with van der Waals surface area (Å²) >= 11 is 2.91. The molecule has 0 radical (unpaired) electrons. The zero-order chi connectivity index (χ0) is 22.8. The normalized spacial score (nSPS) is 16.0. The number of hydrogen-bond acceptors (Lipinski definition) is 6. The third-order valence-electron chi connectivity index (χ3n) is 5.12. The van der Waals surface area contributed by atoms with Gasteiger partial charge in [-0.15, -0.1) is 11.8 Å². The van der Waals surface area contributed by atoms with Crippen LogP contribution in [-0.2, 0) is 9.53 Å². The van der Waals surface area contributed by atoms with Crippen LogP contribution in [0.3, 0.4) is 0 Å². The number of allylic oxidation sites excluding steroid dienone is 1. The summed E-state index contributed by atoms with van der Waals surface area (Å²) in [6, 6.07) is 13.0. The number of carbonyl (C=O) groups excluding carboxylic acids is 1. The van der Waals surface area contributed by atoms with Gasteiger partial charge in [0, 0.05) is 4.90 Å².